The molecule has 0 radical (unpaired) electrons. The van der Waals surface area contributed by atoms with Gasteiger partial charge in [0, 0.05) is 23.5 Å². The molecule has 0 saturated heterocycles. The lowest BCUT2D eigenvalue weighted by molar-refractivity contribution is -0.155. The number of unbranched alkanes of at least 4 members (excludes halogenated alkanes) is 1. The highest BCUT2D eigenvalue weighted by molar-refractivity contribution is 7.99. The normalized spacial score (nSPS) is 11.4. The second kappa shape index (κ2) is 12.8. The molecule has 0 aliphatic heterocycles. The Morgan fingerprint density at radius 2 is 2.04 bits per heavy atom. The molecule has 7 nitrogen and oxygen atoms in total. The van der Waals surface area contributed by atoms with Crippen LogP contribution >= 0.6 is 11.8 Å². The van der Waals surface area contributed by atoms with Gasteiger partial charge in [0.25, 0.3) is 0 Å². The van der Waals surface area contributed by atoms with Crippen LogP contribution in [0.25, 0.3) is 0 Å². The zero-order valence-corrected chi connectivity index (χ0v) is 14.7. The van der Waals surface area contributed by atoms with E-state index in [2.05, 4.69) is 11.6 Å². The first-order valence-electron chi connectivity index (χ1n) is 7.52. The van der Waals surface area contributed by atoms with Crippen molar-refractivity contribution in [2.24, 2.45) is 16.5 Å². The summed E-state index contributed by atoms with van der Waals surface area (Å²) in [5, 5.41) is 0. The smallest absolute Gasteiger partial charge is 0.333 e. The van der Waals surface area contributed by atoms with E-state index in [0.29, 0.717) is 30.0 Å². The fourth-order valence-corrected chi connectivity index (χ4v) is 2.24. The lowest BCUT2D eigenvalue weighted by Crippen LogP contribution is -2.28. The molecule has 0 aliphatic carbocycles. The molecule has 1 unspecified atom stereocenters. The van der Waals surface area contributed by atoms with Crippen LogP contribution in [0.2, 0.25) is 0 Å². The highest BCUT2D eigenvalue weighted by atomic mass is 32.2. The van der Waals surface area contributed by atoms with Crippen molar-refractivity contribution in [2.45, 2.75) is 39.2 Å². The molecule has 132 valence electrons. The molecule has 1 atom stereocenters. The number of ether oxygens (including phenoxy) is 2. The van der Waals surface area contributed by atoms with Crippen molar-refractivity contribution in [2.75, 3.05) is 24.7 Å². The van der Waals surface area contributed by atoms with E-state index in [9.17, 15) is 9.59 Å². The van der Waals surface area contributed by atoms with E-state index in [1.165, 1.54) is 11.8 Å². The number of guanidine groups is 1. The van der Waals surface area contributed by atoms with E-state index in [4.69, 9.17) is 20.9 Å². The van der Waals surface area contributed by atoms with Crippen LogP contribution in [-0.4, -0.2) is 48.7 Å². The fourth-order valence-electron chi connectivity index (χ4n) is 1.43. The maximum atomic E-state index is 11.7. The van der Waals surface area contributed by atoms with Crippen molar-refractivity contribution >= 4 is 29.7 Å². The lowest BCUT2D eigenvalue weighted by Gasteiger charge is -2.17. The van der Waals surface area contributed by atoms with Gasteiger partial charge < -0.3 is 20.9 Å². The summed E-state index contributed by atoms with van der Waals surface area (Å²) < 4.78 is 10.4. The van der Waals surface area contributed by atoms with Gasteiger partial charge in [0.2, 0.25) is 0 Å². The summed E-state index contributed by atoms with van der Waals surface area (Å²) in [6.45, 7) is 7.57. The van der Waals surface area contributed by atoms with Crippen molar-refractivity contribution in [1.29, 1.82) is 0 Å². The first-order chi connectivity index (χ1) is 10.9. The summed E-state index contributed by atoms with van der Waals surface area (Å²) >= 11 is 1.52. The third-order valence-electron chi connectivity index (χ3n) is 2.62. The van der Waals surface area contributed by atoms with Crippen LogP contribution in [0.1, 0.15) is 33.1 Å². The van der Waals surface area contributed by atoms with E-state index in [1.807, 2.05) is 6.92 Å². The Labute approximate surface area is 141 Å². The zero-order chi connectivity index (χ0) is 17.7. The van der Waals surface area contributed by atoms with Gasteiger partial charge in [0.1, 0.15) is 12.7 Å². The minimum atomic E-state index is -0.495. The van der Waals surface area contributed by atoms with Crippen LogP contribution in [0.15, 0.2) is 17.1 Å². The summed E-state index contributed by atoms with van der Waals surface area (Å²) in [7, 11) is 0. The van der Waals surface area contributed by atoms with E-state index in [0.717, 1.165) is 12.8 Å². The van der Waals surface area contributed by atoms with Gasteiger partial charge in [0.05, 0.1) is 6.54 Å². The zero-order valence-electron chi connectivity index (χ0n) is 13.9. The van der Waals surface area contributed by atoms with Gasteiger partial charge >= 0.3 is 11.9 Å². The van der Waals surface area contributed by atoms with Gasteiger partial charge in [-0.05, 0) is 13.3 Å². The van der Waals surface area contributed by atoms with Gasteiger partial charge in [-0.1, -0.05) is 19.9 Å². The van der Waals surface area contributed by atoms with E-state index in [1.54, 1.807) is 6.92 Å². The molecule has 0 aromatic carbocycles. The van der Waals surface area contributed by atoms with E-state index < -0.39 is 12.1 Å². The molecule has 0 fully saturated rings. The minimum Gasteiger partial charge on any atom is -0.458 e. The molecule has 0 aromatic rings. The highest BCUT2D eigenvalue weighted by Gasteiger charge is 2.17. The number of rotatable bonds is 12. The number of carbonyl (C=O) groups is 2. The summed E-state index contributed by atoms with van der Waals surface area (Å²) in [6, 6.07) is 0. The number of aliphatic imine (C=N–C) groups is 1. The van der Waals surface area contributed by atoms with Gasteiger partial charge in [0.15, 0.2) is 5.96 Å². The second-order valence-electron chi connectivity index (χ2n) is 4.98. The van der Waals surface area contributed by atoms with Crippen molar-refractivity contribution in [3.8, 4) is 0 Å². The Balaban J connectivity index is 4.30. The number of hydrogen-bond acceptors (Lipinski definition) is 6. The molecule has 23 heavy (non-hydrogen) atoms. The molecule has 0 rings (SSSR count). The molecule has 4 N–H and O–H groups in total. The van der Waals surface area contributed by atoms with Crippen LogP contribution in [-0.2, 0) is 19.1 Å². The minimum absolute atomic E-state index is 0.0128. The largest absolute Gasteiger partial charge is 0.458 e. The van der Waals surface area contributed by atoms with Crippen molar-refractivity contribution in [1.82, 2.24) is 0 Å². The Morgan fingerprint density at radius 1 is 1.35 bits per heavy atom. The SMILES string of the molecule is C=C(C)C(=O)OCC(CSCCN=C(N)N)OC(=O)CCCC. The summed E-state index contributed by atoms with van der Waals surface area (Å²) in [4.78, 5) is 27.0. The van der Waals surface area contributed by atoms with Gasteiger partial charge in [-0.3, -0.25) is 9.79 Å². The molecule has 0 aliphatic rings. The van der Waals surface area contributed by atoms with Gasteiger partial charge in [-0.15, -0.1) is 0 Å². The van der Waals surface area contributed by atoms with Crippen molar-refractivity contribution < 1.29 is 19.1 Å². The first kappa shape index (κ1) is 21.3. The number of nitrogens with zero attached hydrogens (tertiary/aromatic N) is 1. The molecule has 0 bridgehead atoms. The number of esters is 2. The molecule has 8 heteroatoms. The topological polar surface area (TPSA) is 117 Å². The van der Waals surface area contributed by atoms with Gasteiger partial charge in [-0.2, -0.15) is 11.8 Å². The molecule has 0 amide bonds. The van der Waals surface area contributed by atoms with Crippen molar-refractivity contribution in [3.63, 3.8) is 0 Å². The quantitative estimate of drug-likeness (QED) is 0.179. The van der Waals surface area contributed by atoms with Crippen molar-refractivity contribution in [3.05, 3.63) is 12.2 Å². The fraction of sp³-hybridized carbons (Fsp3) is 0.667. The second-order valence-corrected chi connectivity index (χ2v) is 6.13. The summed E-state index contributed by atoms with van der Waals surface area (Å²) in [5.74, 6) is 0.443. The Bertz CT molecular complexity index is 423. The molecular weight excluding hydrogens is 318 g/mol. The average Bonchev–Trinajstić information content (AvgIpc) is 2.49. The number of carbonyl (C=O) groups excluding carboxylic acids is 2. The Morgan fingerprint density at radius 3 is 2.61 bits per heavy atom. The number of thioether (sulfide) groups is 1. The molecular formula is C15H27N3O4S. The number of nitrogens with two attached hydrogens (primary N) is 2. The maximum Gasteiger partial charge on any atom is 0.333 e. The van der Waals surface area contributed by atoms with E-state index >= 15 is 0 Å². The van der Waals surface area contributed by atoms with Crippen LogP contribution in [0.3, 0.4) is 0 Å². The van der Waals surface area contributed by atoms with E-state index in [-0.39, 0.29) is 18.5 Å². The lowest BCUT2D eigenvalue weighted by atomic mass is 10.2. The maximum absolute atomic E-state index is 11.7. The third-order valence-corrected chi connectivity index (χ3v) is 3.69. The predicted octanol–water partition coefficient (Wildman–Crippen LogP) is 1.21. The predicted molar refractivity (Wildman–Crippen MR) is 93.2 cm³/mol. The summed E-state index contributed by atoms with van der Waals surface area (Å²) in [5.41, 5.74) is 10.8. The Kier molecular flexibility index (Phi) is 11.9. The number of hydrogen-bond donors (Lipinski definition) is 2. The van der Waals surface area contributed by atoms with Crippen LogP contribution in [0, 0.1) is 0 Å². The van der Waals surface area contributed by atoms with Crippen LogP contribution < -0.4 is 11.5 Å². The van der Waals surface area contributed by atoms with Crippen LogP contribution in [0.5, 0.6) is 0 Å². The third kappa shape index (κ3) is 12.5. The monoisotopic (exact) mass is 345 g/mol. The van der Waals surface area contributed by atoms with Gasteiger partial charge in [-0.25, -0.2) is 4.79 Å². The molecule has 0 spiro atoms. The average molecular weight is 345 g/mol. The summed E-state index contributed by atoms with van der Waals surface area (Å²) in [6.07, 6.45) is 1.55. The molecule has 0 saturated carbocycles. The Hall–Kier alpha value is -1.70. The first-order valence-corrected chi connectivity index (χ1v) is 8.67. The standard InChI is InChI=1S/C15H27N3O4S/c1-4-5-6-13(19)22-12(9-21-14(20)11(2)3)10-23-8-7-18-15(16)17/h12H,2,4-10H2,1,3H3,(H4,16,17,18). The van der Waals surface area contributed by atoms with Crippen LogP contribution in [0.4, 0.5) is 0 Å². The highest BCUT2D eigenvalue weighted by Crippen LogP contribution is 2.10. The molecule has 0 aromatic heterocycles. The molecule has 0 heterocycles.